The fourth-order valence-corrected chi connectivity index (χ4v) is 5.62. The van der Waals surface area contributed by atoms with Crippen LogP contribution in [-0.4, -0.2) is 43.4 Å². The molecule has 8 heteroatoms. The smallest absolute Gasteiger partial charge is 0.261 e. The molecular weight excluding hydrogens is 414 g/mol. The number of hydrogen-bond donors (Lipinski definition) is 0. The molecule has 1 aromatic carbocycles. The van der Waals surface area contributed by atoms with E-state index in [1.807, 2.05) is 12.1 Å². The number of amides is 1. The maximum Gasteiger partial charge on any atom is 0.261 e. The van der Waals surface area contributed by atoms with Gasteiger partial charge in [0, 0.05) is 17.0 Å². The number of carbonyl (C=O) groups is 1. The van der Waals surface area contributed by atoms with Crippen molar-refractivity contribution in [2.45, 2.75) is 38.3 Å². The maximum absolute atomic E-state index is 12.9. The van der Waals surface area contributed by atoms with E-state index in [0.29, 0.717) is 34.8 Å². The van der Waals surface area contributed by atoms with E-state index in [9.17, 15) is 13.2 Å². The molecule has 0 bridgehead atoms. The largest absolute Gasteiger partial charge is 0.484 e. The third kappa shape index (κ3) is 4.95. The van der Waals surface area contributed by atoms with Crippen molar-refractivity contribution in [2.75, 3.05) is 18.1 Å². The van der Waals surface area contributed by atoms with Crippen LogP contribution in [-0.2, 0) is 21.2 Å². The summed E-state index contributed by atoms with van der Waals surface area (Å²) in [5, 5.41) is 0.583. The SMILES string of the molecule is CC1CC1c1ccc(CN(C(=O)COc2ccc(Cl)cc2)C2CCS(=O)(=O)C2)o1. The number of nitrogens with zero attached hydrogens (tertiary/aromatic N) is 1. The molecule has 1 amide bonds. The van der Waals surface area contributed by atoms with E-state index in [0.717, 1.165) is 12.2 Å². The van der Waals surface area contributed by atoms with Gasteiger partial charge in [-0.3, -0.25) is 4.79 Å². The van der Waals surface area contributed by atoms with Crippen LogP contribution in [0, 0.1) is 5.92 Å². The number of ether oxygens (including phenoxy) is 1. The van der Waals surface area contributed by atoms with E-state index < -0.39 is 9.84 Å². The molecule has 156 valence electrons. The number of halogens is 1. The molecule has 1 aliphatic heterocycles. The second kappa shape index (κ2) is 8.03. The predicted molar refractivity (Wildman–Crippen MR) is 110 cm³/mol. The van der Waals surface area contributed by atoms with Gasteiger partial charge in [0.1, 0.15) is 17.3 Å². The average molecular weight is 438 g/mol. The monoisotopic (exact) mass is 437 g/mol. The highest BCUT2D eigenvalue weighted by Crippen LogP contribution is 2.47. The van der Waals surface area contributed by atoms with Crippen molar-refractivity contribution < 1.29 is 22.4 Å². The lowest BCUT2D eigenvalue weighted by molar-refractivity contribution is -0.136. The van der Waals surface area contributed by atoms with Gasteiger partial charge in [-0.25, -0.2) is 8.42 Å². The van der Waals surface area contributed by atoms with Crippen LogP contribution in [0.3, 0.4) is 0 Å². The Morgan fingerprint density at radius 3 is 2.59 bits per heavy atom. The Kier molecular flexibility index (Phi) is 5.62. The summed E-state index contributed by atoms with van der Waals surface area (Å²) in [4.78, 5) is 14.5. The Labute approximate surface area is 175 Å². The molecule has 1 saturated carbocycles. The number of carbonyl (C=O) groups excluding carboxylic acids is 1. The molecule has 0 radical (unpaired) electrons. The summed E-state index contributed by atoms with van der Waals surface area (Å²) in [5.74, 6) is 3.03. The highest BCUT2D eigenvalue weighted by molar-refractivity contribution is 7.91. The first kappa shape index (κ1) is 20.3. The van der Waals surface area contributed by atoms with Crippen LogP contribution in [0.15, 0.2) is 40.8 Å². The van der Waals surface area contributed by atoms with Crippen LogP contribution >= 0.6 is 11.6 Å². The highest BCUT2D eigenvalue weighted by atomic mass is 35.5. The topological polar surface area (TPSA) is 76.8 Å². The number of rotatable bonds is 7. The lowest BCUT2D eigenvalue weighted by Gasteiger charge is -2.27. The standard InChI is InChI=1S/C21H24ClNO5S/c1-14-10-19(14)20-7-6-18(28-20)11-23(16-8-9-29(25,26)13-16)21(24)12-27-17-4-2-15(22)3-5-17/h2-7,14,16,19H,8-13H2,1H3. The van der Waals surface area contributed by atoms with E-state index in [1.165, 1.54) is 0 Å². The average Bonchev–Trinajstić information content (AvgIpc) is 3.07. The van der Waals surface area contributed by atoms with Crippen molar-refractivity contribution in [3.05, 3.63) is 52.9 Å². The molecule has 6 nitrogen and oxygen atoms in total. The van der Waals surface area contributed by atoms with Crippen molar-refractivity contribution in [1.82, 2.24) is 4.90 Å². The van der Waals surface area contributed by atoms with Gasteiger partial charge in [-0.15, -0.1) is 0 Å². The number of benzene rings is 1. The second-order valence-corrected chi connectivity index (χ2v) is 10.6. The fourth-order valence-electron chi connectivity index (χ4n) is 3.77. The van der Waals surface area contributed by atoms with Crippen molar-refractivity contribution in [3.63, 3.8) is 0 Å². The Bertz CT molecular complexity index is 985. The Morgan fingerprint density at radius 1 is 1.24 bits per heavy atom. The van der Waals surface area contributed by atoms with Gasteiger partial charge in [0.2, 0.25) is 0 Å². The molecule has 2 aliphatic rings. The van der Waals surface area contributed by atoms with Gasteiger partial charge in [0.05, 0.1) is 18.1 Å². The zero-order chi connectivity index (χ0) is 20.6. The van der Waals surface area contributed by atoms with Crippen LogP contribution < -0.4 is 4.74 Å². The van der Waals surface area contributed by atoms with Crippen LogP contribution in [0.4, 0.5) is 0 Å². The van der Waals surface area contributed by atoms with Gasteiger partial charge >= 0.3 is 0 Å². The van der Waals surface area contributed by atoms with Crippen molar-refractivity contribution >= 4 is 27.3 Å². The van der Waals surface area contributed by atoms with Crippen LogP contribution in [0.2, 0.25) is 5.02 Å². The molecule has 1 saturated heterocycles. The first-order chi connectivity index (χ1) is 13.8. The van der Waals surface area contributed by atoms with Crippen LogP contribution in [0.5, 0.6) is 5.75 Å². The molecule has 0 N–H and O–H groups in total. The minimum Gasteiger partial charge on any atom is -0.484 e. The molecular formula is C21H24ClNO5S. The molecule has 3 atom stereocenters. The van der Waals surface area contributed by atoms with E-state index in [1.54, 1.807) is 29.2 Å². The Balaban J connectivity index is 1.46. The van der Waals surface area contributed by atoms with E-state index in [2.05, 4.69) is 6.92 Å². The summed E-state index contributed by atoms with van der Waals surface area (Å²) in [6, 6.07) is 10.2. The highest BCUT2D eigenvalue weighted by Gasteiger charge is 2.38. The summed E-state index contributed by atoms with van der Waals surface area (Å²) in [6.07, 6.45) is 1.55. The minimum atomic E-state index is -3.12. The van der Waals surface area contributed by atoms with Gasteiger partial charge in [-0.2, -0.15) is 0 Å². The second-order valence-electron chi connectivity index (χ2n) is 7.94. The molecule has 2 heterocycles. The van der Waals surface area contributed by atoms with Gasteiger partial charge in [-0.1, -0.05) is 18.5 Å². The molecule has 3 unspecified atom stereocenters. The number of furan rings is 1. The molecule has 4 rings (SSSR count). The zero-order valence-electron chi connectivity index (χ0n) is 16.2. The van der Waals surface area contributed by atoms with Gasteiger partial charge in [-0.05, 0) is 55.2 Å². The quantitative estimate of drug-likeness (QED) is 0.660. The van der Waals surface area contributed by atoms with Crippen molar-refractivity contribution in [2.24, 2.45) is 5.92 Å². The zero-order valence-corrected chi connectivity index (χ0v) is 17.8. The molecule has 0 spiro atoms. The normalized spacial score (nSPS) is 25.0. The number of sulfone groups is 1. The fraction of sp³-hybridized carbons (Fsp3) is 0.476. The van der Waals surface area contributed by atoms with E-state index >= 15 is 0 Å². The molecule has 29 heavy (non-hydrogen) atoms. The molecule has 1 aromatic heterocycles. The maximum atomic E-state index is 12.9. The lowest BCUT2D eigenvalue weighted by atomic mass is 10.2. The Morgan fingerprint density at radius 2 is 1.97 bits per heavy atom. The van der Waals surface area contributed by atoms with Crippen molar-refractivity contribution in [1.29, 1.82) is 0 Å². The van der Waals surface area contributed by atoms with Crippen LogP contribution in [0.1, 0.15) is 37.2 Å². The van der Waals surface area contributed by atoms with Crippen molar-refractivity contribution in [3.8, 4) is 5.75 Å². The molecule has 2 aromatic rings. The summed E-state index contributed by atoms with van der Waals surface area (Å²) >= 11 is 5.87. The molecule has 1 aliphatic carbocycles. The first-order valence-corrected chi connectivity index (χ1v) is 12.0. The summed E-state index contributed by atoms with van der Waals surface area (Å²) in [5.41, 5.74) is 0. The first-order valence-electron chi connectivity index (χ1n) is 9.77. The third-order valence-electron chi connectivity index (χ3n) is 5.63. The van der Waals surface area contributed by atoms with Gasteiger partial charge in [0.25, 0.3) is 5.91 Å². The van der Waals surface area contributed by atoms with E-state index in [4.69, 9.17) is 20.8 Å². The minimum absolute atomic E-state index is 0.0209. The number of hydrogen-bond acceptors (Lipinski definition) is 5. The van der Waals surface area contributed by atoms with Gasteiger partial charge < -0.3 is 14.1 Å². The summed E-state index contributed by atoms with van der Waals surface area (Å²) in [6.45, 7) is 2.25. The van der Waals surface area contributed by atoms with E-state index in [-0.39, 0.29) is 36.6 Å². The lowest BCUT2D eigenvalue weighted by Crippen LogP contribution is -2.43. The summed E-state index contributed by atoms with van der Waals surface area (Å²) in [7, 11) is -3.12. The Hall–Kier alpha value is -1.99. The summed E-state index contributed by atoms with van der Waals surface area (Å²) < 4.78 is 35.5. The third-order valence-corrected chi connectivity index (χ3v) is 7.63. The van der Waals surface area contributed by atoms with Crippen LogP contribution in [0.25, 0.3) is 0 Å². The predicted octanol–water partition coefficient (Wildman–Crippen LogP) is 3.65. The van der Waals surface area contributed by atoms with Gasteiger partial charge in [0.15, 0.2) is 16.4 Å². The molecule has 2 fully saturated rings.